The molecule has 0 aliphatic carbocycles. The predicted molar refractivity (Wildman–Crippen MR) is 96.8 cm³/mol. The largest absolute Gasteiger partial charge is 0.493 e. The summed E-state index contributed by atoms with van der Waals surface area (Å²) in [4.78, 5) is 23.3. The van der Waals surface area contributed by atoms with Crippen molar-refractivity contribution >= 4 is 17.9 Å². The standard InChI is InChI=1S/C19H22N2O5/c1-3-20-19(23)13-26-16-8-6-14(11-17(16)24-2)12-21-18(22)9-7-15-5-4-10-25-15/h4-11H,3,12-13H2,1-2H3,(H,20,23)(H,21,22)/b9-7+. The van der Waals surface area contributed by atoms with Crippen molar-refractivity contribution < 1.29 is 23.5 Å². The molecule has 2 aromatic rings. The molecule has 2 amide bonds. The van der Waals surface area contributed by atoms with Gasteiger partial charge in [0.15, 0.2) is 18.1 Å². The molecule has 0 aliphatic rings. The molecule has 0 saturated heterocycles. The van der Waals surface area contributed by atoms with Crippen LogP contribution in [0.1, 0.15) is 18.2 Å². The number of nitrogens with one attached hydrogen (secondary N) is 2. The van der Waals surface area contributed by atoms with Gasteiger partial charge >= 0.3 is 0 Å². The first-order chi connectivity index (χ1) is 12.6. The SMILES string of the molecule is CCNC(=O)COc1ccc(CNC(=O)/C=C/c2ccco2)cc1OC. The van der Waals surface area contributed by atoms with E-state index in [0.717, 1.165) is 5.56 Å². The third-order valence-corrected chi connectivity index (χ3v) is 3.37. The smallest absolute Gasteiger partial charge is 0.257 e. The van der Waals surface area contributed by atoms with E-state index in [1.165, 1.54) is 13.2 Å². The van der Waals surface area contributed by atoms with Crippen molar-refractivity contribution in [2.45, 2.75) is 13.5 Å². The van der Waals surface area contributed by atoms with E-state index in [1.54, 1.807) is 42.7 Å². The lowest BCUT2D eigenvalue weighted by Gasteiger charge is -2.12. The van der Waals surface area contributed by atoms with Crippen LogP contribution in [0.5, 0.6) is 11.5 Å². The van der Waals surface area contributed by atoms with Gasteiger partial charge in [-0.3, -0.25) is 9.59 Å². The maximum atomic E-state index is 11.8. The van der Waals surface area contributed by atoms with Gasteiger partial charge in [0.05, 0.1) is 13.4 Å². The highest BCUT2D eigenvalue weighted by Gasteiger charge is 2.08. The van der Waals surface area contributed by atoms with Crippen molar-refractivity contribution in [2.24, 2.45) is 0 Å². The first-order valence-corrected chi connectivity index (χ1v) is 8.18. The molecule has 138 valence electrons. The Morgan fingerprint density at radius 1 is 1.19 bits per heavy atom. The van der Waals surface area contributed by atoms with Gasteiger partial charge < -0.3 is 24.5 Å². The molecule has 0 fully saturated rings. The van der Waals surface area contributed by atoms with Crippen molar-refractivity contribution in [1.29, 1.82) is 0 Å². The Kier molecular flexibility index (Phi) is 7.30. The van der Waals surface area contributed by atoms with Gasteiger partial charge in [-0.25, -0.2) is 0 Å². The molecule has 1 aromatic heterocycles. The average Bonchev–Trinajstić information content (AvgIpc) is 3.17. The molecule has 1 aromatic carbocycles. The minimum atomic E-state index is -0.239. The molecule has 1 heterocycles. The highest BCUT2D eigenvalue weighted by atomic mass is 16.5. The van der Waals surface area contributed by atoms with E-state index in [0.29, 0.717) is 30.3 Å². The number of furan rings is 1. The highest BCUT2D eigenvalue weighted by molar-refractivity contribution is 5.91. The Balaban J connectivity index is 1.89. The Morgan fingerprint density at radius 3 is 2.73 bits per heavy atom. The number of ether oxygens (including phenoxy) is 2. The number of likely N-dealkylation sites (N-methyl/N-ethyl adjacent to an activating group) is 1. The topological polar surface area (TPSA) is 89.8 Å². The van der Waals surface area contributed by atoms with Crippen LogP contribution in [0, 0.1) is 0 Å². The molecular formula is C19H22N2O5. The minimum Gasteiger partial charge on any atom is -0.493 e. The quantitative estimate of drug-likeness (QED) is 0.670. The summed E-state index contributed by atoms with van der Waals surface area (Å²) in [5, 5.41) is 5.43. The monoisotopic (exact) mass is 358 g/mol. The number of amides is 2. The van der Waals surface area contributed by atoms with Crippen LogP contribution in [-0.2, 0) is 16.1 Å². The number of methoxy groups -OCH3 is 1. The van der Waals surface area contributed by atoms with E-state index in [9.17, 15) is 9.59 Å². The summed E-state index contributed by atoms with van der Waals surface area (Å²) in [6.45, 7) is 2.63. The van der Waals surface area contributed by atoms with Crippen LogP contribution in [0.3, 0.4) is 0 Å². The summed E-state index contributed by atoms with van der Waals surface area (Å²) < 4.78 is 15.9. The number of benzene rings is 1. The fourth-order valence-corrected chi connectivity index (χ4v) is 2.12. The molecule has 7 nitrogen and oxygen atoms in total. The van der Waals surface area contributed by atoms with Crippen LogP contribution in [0.2, 0.25) is 0 Å². The second-order valence-corrected chi connectivity index (χ2v) is 5.29. The summed E-state index contributed by atoms with van der Waals surface area (Å²) in [6.07, 6.45) is 4.54. The second-order valence-electron chi connectivity index (χ2n) is 5.29. The van der Waals surface area contributed by atoms with Gasteiger partial charge in [0.1, 0.15) is 5.76 Å². The molecule has 7 heteroatoms. The van der Waals surface area contributed by atoms with Crippen molar-refractivity contribution in [3.05, 3.63) is 54.0 Å². The number of hydrogen-bond donors (Lipinski definition) is 2. The number of carbonyl (C=O) groups is 2. The van der Waals surface area contributed by atoms with Crippen LogP contribution in [-0.4, -0.2) is 32.1 Å². The lowest BCUT2D eigenvalue weighted by atomic mass is 10.2. The normalized spacial score (nSPS) is 10.5. The minimum absolute atomic E-state index is 0.0855. The van der Waals surface area contributed by atoms with E-state index in [1.807, 2.05) is 6.92 Å². The summed E-state index contributed by atoms with van der Waals surface area (Å²) in [7, 11) is 1.52. The highest BCUT2D eigenvalue weighted by Crippen LogP contribution is 2.28. The molecule has 2 N–H and O–H groups in total. The summed E-state index contributed by atoms with van der Waals surface area (Å²) >= 11 is 0. The maximum Gasteiger partial charge on any atom is 0.257 e. The summed E-state index contributed by atoms with van der Waals surface area (Å²) in [5.41, 5.74) is 0.840. The second kappa shape index (κ2) is 9.93. The van der Waals surface area contributed by atoms with Crippen molar-refractivity contribution in [2.75, 3.05) is 20.3 Å². The van der Waals surface area contributed by atoms with Gasteiger partial charge in [0.25, 0.3) is 5.91 Å². The van der Waals surface area contributed by atoms with E-state index in [2.05, 4.69) is 10.6 Å². The molecule has 0 aliphatic heterocycles. The summed E-state index contributed by atoms with van der Waals surface area (Å²) in [6, 6.07) is 8.77. The molecule has 2 rings (SSSR count). The fourth-order valence-electron chi connectivity index (χ4n) is 2.12. The van der Waals surface area contributed by atoms with Crippen molar-refractivity contribution in [1.82, 2.24) is 10.6 Å². The first kappa shape index (κ1) is 19.1. The Hall–Kier alpha value is -3.22. The van der Waals surface area contributed by atoms with Crippen LogP contribution in [0.25, 0.3) is 6.08 Å². The van der Waals surface area contributed by atoms with E-state index in [4.69, 9.17) is 13.9 Å². The zero-order valence-electron chi connectivity index (χ0n) is 14.8. The van der Waals surface area contributed by atoms with Crippen LogP contribution < -0.4 is 20.1 Å². The average molecular weight is 358 g/mol. The third-order valence-electron chi connectivity index (χ3n) is 3.37. The number of carbonyl (C=O) groups excluding carboxylic acids is 2. The Bertz CT molecular complexity index is 753. The van der Waals surface area contributed by atoms with E-state index in [-0.39, 0.29) is 18.4 Å². The lowest BCUT2D eigenvalue weighted by molar-refractivity contribution is -0.123. The molecule has 0 spiro atoms. The van der Waals surface area contributed by atoms with Crippen LogP contribution in [0.4, 0.5) is 0 Å². The van der Waals surface area contributed by atoms with Gasteiger partial charge in [-0.15, -0.1) is 0 Å². The Labute approximate surface area is 152 Å². The molecule has 0 radical (unpaired) electrons. The molecule has 26 heavy (non-hydrogen) atoms. The van der Waals surface area contributed by atoms with Gasteiger partial charge in [-0.2, -0.15) is 0 Å². The predicted octanol–water partition coefficient (Wildman–Crippen LogP) is 2.13. The molecule has 0 unspecified atom stereocenters. The fraction of sp³-hybridized carbons (Fsp3) is 0.263. The van der Waals surface area contributed by atoms with Crippen molar-refractivity contribution in [3.63, 3.8) is 0 Å². The van der Waals surface area contributed by atoms with Crippen LogP contribution >= 0.6 is 0 Å². The Morgan fingerprint density at radius 2 is 2.04 bits per heavy atom. The van der Waals surface area contributed by atoms with Gasteiger partial charge in [0, 0.05) is 19.2 Å². The number of rotatable bonds is 9. The van der Waals surface area contributed by atoms with E-state index >= 15 is 0 Å². The third kappa shape index (κ3) is 6.01. The van der Waals surface area contributed by atoms with Gasteiger partial charge in [-0.05, 0) is 42.8 Å². The van der Waals surface area contributed by atoms with Gasteiger partial charge in [-0.1, -0.05) is 6.07 Å². The van der Waals surface area contributed by atoms with E-state index < -0.39 is 0 Å². The van der Waals surface area contributed by atoms with Crippen molar-refractivity contribution in [3.8, 4) is 11.5 Å². The maximum absolute atomic E-state index is 11.8. The van der Waals surface area contributed by atoms with Gasteiger partial charge in [0.2, 0.25) is 5.91 Å². The zero-order valence-corrected chi connectivity index (χ0v) is 14.8. The molecule has 0 saturated carbocycles. The lowest BCUT2D eigenvalue weighted by Crippen LogP contribution is -2.28. The summed E-state index contributed by atoms with van der Waals surface area (Å²) in [5.74, 6) is 1.13. The molecule has 0 atom stereocenters. The van der Waals surface area contributed by atoms with Crippen LogP contribution in [0.15, 0.2) is 47.1 Å². The number of hydrogen-bond acceptors (Lipinski definition) is 5. The zero-order chi connectivity index (χ0) is 18.8. The molecule has 0 bridgehead atoms. The first-order valence-electron chi connectivity index (χ1n) is 8.18. The molecular weight excluding hydrogens is 336 g/mol.